The maximum Gasteiger partial charge on any atom is 0.232 e. The van der Waals surface area contributed by atoms with Gasteiger partial charge in [0.25, 0.3) is 0 Å². The molecule has 0 radical (unpaired) electrons. The summed E-state index contributed by atoms with van der Waals surface area (Å²) in [5.74, 6) is 0.110. The van der Waals surface area contributed by atoms with Crippen molar-refractivity contribution in [2.75, 3.05) is 24.1 Å². The first kappa shape index (κ1) is 15.3. The van der Waals surface area contributed by atoms with Gasteiger partial charge in [0.05, 0.1) is 16.5 Å². The molecule has 0 unspecified atom stereocenters. The predicted molar refractivity (Wildman–Crippen MR) is 76.8 cm³/mol. The Hall–Kier alpha value is -0.780. The van der Waals surface area contributed by atoms with Crippen molar-refractivity contribution in [3.63, 3.8) is 0 Å². The van der Waals surface area contributed by atoms with Crippen LogP contribution in [-0.4, -0.2) is 27.8 Å². The lowest BCUT2D eigenvalue weighted by Gasteiger charge is -2.11. The molecule has 0 amide bonds. The summed E-state index contributed by atoms with van der Waals surface area (Å²) in [5, 5.41) is 3.41. The quantitative estimate of drug-likeness (QED) is 0.758. The first-order valence-electron chi connectivity index (χ1n) is 5.86. The zero-order chi connectivity index (χ0) is 13.6. The molecular formula is C12H19ClN2O2S. The molecule has 102 valence electrons. The number of hydrogen-bond acceptors (Lipinski definition) is 3. The van der Waals surface area contributed by atoms with E-state index in [0.717, 1.165) is 18.5 Å². The highest BCUT2D eigenvalue weighted by Gasteiger charge is 2.13. The second-order valence-electron chi connectivity index (χ2n) is 4.16. The number of rotatable bonds is 7. The van der Waals surface area contributed by atoms with Gasteiger partial charge in [-0.2, -0.15) is 0 Å². The highest BCUT2D eigenvalue weighted by Crippen LogP contribution is 2.26. The number of unbranched alkanes of at least 4 members (excludes halogenated alkanes) is 1. The van der Waals surface area contributed by atoms with Gasteiger partial charge in [0.1, 0.15) is 0 Å². The van der Waals surface area contributed by atoms with Crippen LogP contribution in [0.1, 0.15) is 18.4 Å². The monoisotopic (exact) mass is 290 g/mol. The highest BCUT2D eigenvalue weighted by atomic mass is 35.5. The molecule has 0 atom stereocenters. The standard InChI is InChI=1S/C12H19ClN2O2S/c1-10-6-5-7-11(13)12(10)15-18(16,17)9-4-3-8-14-2/h5-7,14-15H,3-4,8-9H2,1-2H3. The van der Waals surface area contributed by atoms with Crippen molar-refractivity contribution in [3.05, 3.63) is 28.8 Å². The molecule has 0 heterocycles. The predicted octanol–water partition coefficient (Wildman–Crippen LogP) is 2.39. The molecule has 4 nitrogen and oxygen atoms in total. The topological polar surface area (TPSA) is 58.2 Å². The van der Waals surface area contributed by atoms with Gasteiger partial charge < -0.3 is 5.32 Å². The molecule has 0 saturated heterocycles. The molecule has 0 aliphatic carbocycles. The Kier molecular flexibility index (Phi) is 5.91. The minimum absolute atomic E-state index is 0.110. The molecule has 2 N–H and O–H groups in total. The molecule has 0 aliphatic heterocycles. The number of anilines is 1. The van der Waals surface area contributed by atoms with Crippen LogP contribution in [0.2, 0.25) is 5.02 Å². The van der Waals surface area contributed by atoms with Crippen molar-refractivity contribution < 1.29 is 8.42 Å². The largest absolute Gasteiger partial charge is 0.320 e. The van der Waals surface area contributed by atoms with Crippen molar-refractivity contribution in [1.29, 1.82) is 0 Å². The molecule has 6 heteroatoms. The molecule has 0 fully saturated rings. The summed E-state index contributed by atoms with van der Waals surface area (Å²) in [6, 6.07) is 5.29. The number of aryl methyl sites for hydroxylation is 1. The van der Waals surface area contributed by atoms with Crippen LogP contribution in [0.3, 0.4) is 0 Å². The SMILES string of the molecule is CNCCCCS(=O)(=O)Nc1c(C)cccc1Cl. The average molecular weight is 291 g/mol. The second kappa shape index (κ2) is 6.97. The van der Waals surface area contributed by atoms with Crippen LogP contribution >= 0.6 is 11.6 Å². The summed E-state index contributed by atoms with van der Waals surface area (Å²) in [4.78, 5) is 0. The van der Waals surface area contributed by atoms with Gasteiger partial charge >= 0.3 is 0 Å². The minimum Gasteiger partial charge on any atom is -0.320 e. The Morgan fingerprint density at radius 3 is 2.61 bits per heavy atom. The van der Waals surface area contributed by atoms with E-state index in [4.69, 9.17) is 11.6 Å². The number of hydrogen-bond donors (Lipinski definition) is 2. The lowest BCUT2D eigenvalue weighted by atomic mass is 10.2. The number of halogens is 1. The summed E-state index contributed by atoms with van der Waals surface area (Å²) in [6.45, 7) is 2.64. The maximum atomic E-state index is 11.9. The number of para-hydroxylation sites is 1. The minimum atomic E-state index is -3.32. The third-order valence-electron chi connectivity index (χ3n) is 2.57. The molecule has 1 rings (SSSR count). The van der Waals surface area contributed by atoms with Gasteiger partial charge in [-0.3, -0.25) is 4.72 Å². The van der Waals surface area contributed by atoms with Gasteiger partial charge in [0.15, 0.2) is 0 Å². The van der Waals surface area contributed by atoms with Crippen LogP contribution in [0, 0.1) is 6.92 Å². The van der Waals surface area contributed by atoms with Crippen LogP contribution < -0.4 is 10.0 Å². The Bertz CT molecular complexity index is 469. The van der Waals surface area contributed by atoms with Crippen molar-refractivity contribution in [2.24, 2.45) is 0 Å². The Labute approximate surface area is 114 Å². The average Bonchev–Trinajstić information content (AvgIpc) is 2.30. The Morgan fingerprint density at radius 2 is 2.00 bits per heavy atom. The maximum absolute atomic E-state index is 11.9. The molecule has 0 aromatic heterocycles. The van der Waals surface area contributed by atoms with Gasteiger partial charge in [0.2, 0.25) is 10.0 Å². The van der Waals surface area contributed by atoms with Crippen LogP contribution in [-0.2, 0) is 10.0 Å². The van der Waals surface area contributed by atoms with E-state index in [1.165, 1.54) is 0 Å². The van der Waals surface area contributed by atoms with E-state index in [1.54, 1.807) is 12.1 Å². The van der Waals surface area contributed by atoms with E-state index in [0.29, 0.717) is 17.1 Å². The normalized spacial score (nSPS) is 11.5. The summed E-state index contributed by atoms with van der Waals surface area (Å²) in [5.41, 5.74) is 1.30. The van der Waals surface area contributed by atoms with Crippen LogP contribution in [0.5, 0.6) is 0 Å². The molecule has 1 aromatic rings. The van der Waals surface area contributed by atoms with Crippen molar-refractivity contribution in [2.45, 2.75) is 19.8 Å². The fraction of sp³-hybridized carbons (Fsp3) is 0.500. The Balaban J connectivity index is 2.65. The third kappa shape index (κ3) is 4.84. The fourth-order valence-electron chi connectivity index (χ4n) is 1.56. The second-order valence-corrected chi connectivity index (χ2v) is 6.41. The number of nitrogens with one attached hydrogen (secondary N) is 2. The Morgan fingerprint density at radius 1 is 1.28 bits per heavy atom. The zero-order valence-electron chi connectivity index (χ0n) is 10.7. The van der Waals surface area contributed by atoms with Gasteiger partial charge in [-0.1, -0.05) is 23.7 Å². The van der Waals surface area contributed by atoms with Gasteiger partial charge in [-0.05, 0) is 45.0 Å². The lowest BCUT2D eigenvalue weighted by molar-refractivity contribution is 0.595. The summed E-state index contributed by atoms with van der Waals surface area (Å²) in [7, 11) is -1.48. The summed E-state index contributed by atoms with van der Waals surface area (Å²) in [6.07, 6.45) is 1.46. The zero-order valence-corrected chi connectivity index (χ0v) is 12.2. The van der Waals surface area contributed by atoms with Crippen molar-refractivity contribution >= 4 is 27.3 Å². The smallest absolute Gasteiger partial charge is 0.232 e. The third-order valence-corrected chi connectivity index (χ3v) is 4.23. The van der Waals surface area contributed by atoms with Crippen LogP contribution in [0.15, 0.2) is 18.2 Å². The van der Waals surface area contributed by atoms with Crippen LogP contribution in [0.4, 0.5) is 5.69 Å². The van der Waals surface area contributed by atoms with Gasteiger partial charge in [-0.15, -0.1) is 0 Å². The van der Waals surface area contributed by atoms with Crippen molar-refractivity contribution in [1.82, 2.24) is 5.32 Å². The number of benzene rings is 1. The highest BCUT2D eigenvalue weighted by molar-refractivity contribution is 7.92. The van der Waals surface area contributed by atoms with Crippen molar-refractivity contribution in [3.8, 4) is 0 Å². The van der Waals surface area contributed by atoms with Crippen LogP contribution in [0.25, 0.3) is 0 Å². The molecular weight excluding hydrogens is 272 g/mol. The van der Waals surface area contributed by atoms with Gasteiger partial charge in [0, 0.05) is 0 Å². The van der Waals surface area contributed by atoms with E-state index in [-0.39, 0.29) is 5.75 Å². The summed E-state index contributed by atoms with van der Waals surface area (Å²) >= 11 is 5.98. The van der Waals surface area contributed by atoms with E-state index >= 15 is 0 Å². The van der Waals surface area contributed by atoms with E-state index < -0.39 is 10.0 Å². The molecule has 0 saturated carbocycles. The molecule has 0 aliphatic rings. The van der Waals surface area contributed by atoms with E-state index in [9.17, 15) is 8.42 Å². The van der Waals surface area contributed by atoms with E-state index in [1.807, 2.05) is 20.0 Å². The first-order valence-corrected chi connectivity index (χ1v) is 7.89. The number of sulfonamides is 1. The molecule has 0 spiro atoms. The lowest BCUT2D eigenvalue weighted by Crippen LogP contribution is -2.18. The summed E-state index contributed by atoms with van der Waals surface area (Å²) < 4.78 is 26.3. The fourth-order valence-corrected chi connectivity index (χ4v) is 3.15. The first-order chi connectivity index (χ1) is 8.46. The van der Waals surface area contributed by atoms with Gasteiger partial charge in [-0.25, -0.2) is 8.42 Å². The van der Waals surface area contributed by atoms with E-state index in [2.05, 4.69) is 10.0 Å². The molecule has 0 bridgehead atoms. The molecule has 18 heavy (non-hydrogen) atoms. The molecule has 1 aromatic carbocycles.